The Balaban J connectivity index is 3.11. The van der Waals surface area contributed by atoms with Crippen LogP contribution in [0, 0.1) is 0 Å². The van der Waals surface area contributed by atoms with E-state index in [2.05, 4.69) is 38.2 Å². The molecule has 0 radical (unpaired) electrons. The second kappa shape index (κ2) is 33.5. The summed E-state index contributed by atoms with van der Waals surface area (Å²) in [7, 11) is 0. The number of allylic oxidation sites excluding steroid dienone is 4. The number of hydrogen-bond acceptors (Lipinski definition) is 0. The van der Waals surface area contributed by atoms with Gasteiger partial charge in [0.15, 0.2) is 0 Å². The summed E-state index contributed by atoms with van der Waals surface area (Å²) in [5.74, 6) is 0. The van der Waals surface area contributed by atoms with Crippen molar-refractivity contribution in [2.24, 2.45) is 0 Å². The molecule has 0 heteroatoms. The van der Waals surface area contributed by atoms with Crippen LogP contribution in [0.5, 0.6) is 0 Å². The van der Waals surface area contributed by atoms with Crippen molar-refractivity contribution in [1.82, 2.24) is 0 Å². The first kappa shape index (κ1) is 34.5. The Bertz CT molecular complexity index is 404. The summed E-state index contributed by atoms with van der Waals surface area (Å²) >= 11 is 0. The van der Waals surface area contributed by atoms with Gasteiger partial charge < -0.3 is 0 Å². The van der Waals surface area contributed by atoms with Gasteiger partial charge in [-0.05, 0) is 51.4 Å². The third-order valence-corrected chi connectivity index (χ3v) is 7.52. The van der Waals surface area contributed by atoms with E-state index in [1.165, 1.54) is 186 Å². The first-order valence-electron chi connectivity index (χ1n) is 16.7. The van der Waals surface area contributed by atoms with Crippen LogP contribution in [0.2, 0.25) is 0 Å². The van der Waals surface area contributed by atoms with Crippen molar-refractivity contribution in [2.45, 2.75) is 200 Å². The number of rotatable bonds is 30. The molecule has 0 nitrogen and oxygen atoms in total. The molecule has 0 fully saturated rings. The molecular formula is C35H68. The highest BCUT2D eigenvalue weighted by Gasteiger charge is 1.94. The van der Waals surface area contributed by atoms with Gasteiger partial charge in [-0.15, -0.1) is 0 Å². The van der Waals surface area contributed by atoms with Gasteiger partial charge in [0.1, 0.15) is 0 Å². The summed E-state index contributed by atoms with van der Waals surface area (Å²) in [5.41, 5.74) is 0. The zero-order valence-corrected chi connectivity index (χ0v) is 24.8. The van der Waals surface area contributed by atoms with Crippen LogP contribution < -0.4 is 0 Å². The minimum Gasteiger partial charge on any atom is -0.0885 e. The standard InChI is InChI=1S/C35H68/c1-3-5-7-9-11-13-15-17-19-21-23-25-27-29-31-33-35-34-32-30-28-26-24-22-20-18-16-14-12-10-8-6-4-2/h15,17,31,33H,3-14,16,18-30,32,34-35H2,1-2H3. The molecule has 0 aromatic heterocycles. The Morgan fingerprint density at radius 1 is 0.229 bits per heavy atom. The number of unbranched alkanes of at least 4 members (excludes halogenated alkanes) is 26. The van der Waals surface area contributed by atoms with Crippen LogP contribution in [-0.4, -0.2) is 0 Å². The maximum Gasteiger partial charge on any atom is -0.0351 e. The zero-order chi connectivity index (χ0) is 25.3. The summed E-state index contributed by atoms with van der Waals surface area (Å²) in [5, 5.41) is 0. The van der Waals surface area contributed by atoms with Gasteiger partial charge in [0, 0.05) is 0 Å². The Morgan fingerprint density at radius 2 is 0.400 bits per heavy atom. The van der Waals surface area contributed by atoms with Crippen molar-refractivity contribution in [2.75, 3.05) is 0 Å². The average molecular weight is 489 g/mol. The lowest BCUT2D eigenvalue weighted by Gasteiger charge is -2.03. The lowest BCUT2D eigenvalue weighted by atomic mass is 10.0. The van der Waals surface area contributed by atoms with Gasteiger partial charge in [0.2, 0.25) is 0 Å². The molecule has 208 valence electrons. The van der Waals surface area contributed by atoms with E-state index in [9.17, 15) is 0 Å². The highest BCUT2D eigenvalue weighted by molar-refractivity contribution is 4.82. The topological polar surface area (TPSA) is 0 Å². The van der Waals surface area contributed by atoms with E-state index in [1.54, 1.807) is 0 Å². The molecule has 0 aliphatic heterocycles. The van der Waals surface area contributed by atoms with Crippen LogP contribution in [0.3, 0.4) is 0 Å². The molecule has 0 aliphatic carbocycles. The quantitative estimate of drug-likeness (QED) is 0.0696. The SMILES string of the molecule is CCCCCCCC=CCCCCCCC=CCCCCCCCCCCCCCCCCCC. The van der Waals surface area contributed by atoms with E-state index in [0.29, 0.717) is 0 Å². The van der Waals surface area contributed by atoms with E-state index in [1.807, 2.05) is 0 Å². The molecule has 0 atom stereocenters. The van der Waals surface area contributed by atoms with Crippen molar-refractivity contribution in [3.8, 4) is 0 Å². The van der Waals surface area contributed by atoms with Gasteiger partial charge in [-0.2, -0.15) is 0 Å². The minimum absolute atomic E-state index is 1.30. The molecule has 0 bridgehead atoms. The molecule has 0 spiro atoms. The second-order valence-electron chi connectivity index (χ2n) is 11.2. The lowest BCUT2D eigenvalue weighted by Crippen LogP contribution is -1.83. The molecule has 35 heavy (non-hydrogen) atoms. The van der Waals surface area contributed by atoms with Gasteiger partial charge in [-0.25, -0.2) is 0 Å². The molecular weight excluding hydrogens is 420 g/mol. The summed E-state index contributed by atoms with van der Waals surface area (Å²) in [4.78, 5) is 0. The predicted octanol–water partition coefficient (Wildman–Crippen LogP) is 13.5. The van der Waals surface area contributed by atoms with Gasteiger partial charge in [0.25, 0.3) is 0 Å². The highest BCUT2D eigenvalue weighted by atomic mass is 14.0. The van der Waals surface area contributed by atoms with Gasteiger partial charge in [-0.3, -0.25) is 0 Å². The lowest BCUT2D eigenvalue weighted by molar-refractivity contribution is 0.530. The van der Waals surface area contributed by atoms with E-state index in [-0.39, 0.29) is 0 Å². The average Bonchev–Trinajstić information content (AvgIpc) is 2.87. The van der Waals surface area contributed by atoms with Gasteiger partial charge in [-0.1, -0.05) is 173 Å². The molecule has 0 aromatic carbocycles. The Labute approximate surface area is 224 Å². The van der Waals surface area contributed by atoms with Crippen molar-refractivity contribution in [3.05, 3.63) is 24.3 Å². The van der Waals surface area contributed by atoms with E-state index in [4.69, 9.17) is 0 Å². The van der Waals surface area contributed by atoms with E-state index < -0.39 is 0 Å². The molecule has 0 aromatic rings. The van der Waals surface area contributed by atoms with Crippen molar-refractivity contribution in [3.63, 3.8) is 0 Å². The summed E-state index contributed by atoms with van der Waals surface area (Å²) in [6.07, 6.45) is 50.9. The van der Waals surface area contributed by atoms with Crippen LogP contribution >= 0.6 is 0 Å². The molecule has 0 saturated heterocycles. The highest BCUT2D eigenvalue weighted by Crippen LogP contribution is 2.14. The van der Waals surface area contributed by atoms with Crippen LogP contribution in [0.1, 0.15) is 200 Å². The van der Waals surface area contributed by atoms with E-state index in [0.717, 1.165) is 0 Å². The smallest absolute Gasteiger partial charge is 0.0351 e. The van der Waals surface area contributed by atoms with Crippen molar-refractivity contribution >= 4 is 0 Å². The third-order valence-electron chi connectivity index (χ3n) is 7.52. The minimum atomic E-state index is 1.30. The zero-order valence-electron chi connectivity index (χ0n) is 24.8. The monoisotopic (exact) mass is 489 g/mol. The molecule has 0 heterocycles. The van der Waals surface area contributed by atoms with Crippen LogP contribution in [0.4, 0.5) is 0 Å². The summed E-state index contributed by atoms with van der Waals surface area (Å²) in [6, 6.07) is 0. The summed E-state index contributed by atoms with van der Waals surface area (Å²) < 4.78 is 0. The molecule has 0 saturated carbocycles. The Kier molecular flexibility index (Phi) is 33.0. The molecule has 0 unspecified atom stereocenters. The number of hydrogen-bond donors (Lipinski definition) is 0. The molecule has 0 N–H and O–H groups in total. The van der Waals surface area contributed by atoms with Gasteiger partial charge in [0.05, 0.1) is 0 Å². The van der Waals surface area contributed by atoms with Crippen LogP contribution in [-0.2, 0) is 0 Å². The Morgan fingerprint density at radius 3 is 0.600 bits per heavy atom. The first-order valence-corrected chi connectivity index (χ1v) is 16.7. The maximum atomic E-state index is 2.45. The van der Waals surface area contributed by atoms with Crippen molar-refractivity contribution < 1.29 is 0 Å². The fraction of sp³-hybridized carbons (Fsp3) is 0.886. The second-order valence-corrected chi connectivity index (χ2v) is 11.2. The van der Waals surface area contributed by atoms with Gasteiger partial charge >= 0.3 is 0 Å². The first-order chi connectivity index (χ1) is 17.4. The van der Waals surface area contributed by atoms with Crippen molar-refractivity contribution in [1.29, 1.82) is 0 Å². The third kappa shape index (κ3) is 33.5. The summed E-state index contributed by atoms with van der Waals surface area (Å²) in [6.45, 7) is 4.59. The predicted molar refractivity (Wildman–Crippen MR) is 164 cm³/mol. The fourth-order valence-electron chi connectivity index (χ4n) is 5.03. The normalized spacial score (nSPS) is 11.9. The van der Waals surface area contributed by atoms with Crippen LogP contribution in [0.15, 0.2) is 24.3 Å². The molecule has 0 amide bonds. The molecule has 0 aliphatic rings. The fourth-order valence-corrected chi connectivity index (χ4v) is 5.03. The molecule has 0 rings (SSSR count). The Hall–Kier alpha value is -0.520. The largest absolute Gasteiger partial charge is 0.0885 e. The maximum absolute atomic E-state index is 2.45. The van der Waals surface area contributed by atoms with Crippen LogP contribution in [0.25, 0.3) is 0 Å². The van der Waals surface area contributed by atoms with E-state index >= 15 is 0 Å².